The number of fused-ring (bicyclic) bond motifs is 10. The van der Waals surface area contributed by atoms with Crippen molar-refractivity contribution in [1.82, 2.24) is 13.7 Å². The number of nitrogens with zero attached hydrogens (tertiary/aromatic N) is 3. The minimum absolute atomic E-state index is 1.14. The molecule has 3 aromatic heterocycles. The molecule has 0 unspecified atom stereocenters. The van der Waals surface area contributed by atoms with Gasteiger partial charge >= 0.3 is 0 Å². The molecular weight excluding hydrogens is 763 g/mol. The maximum absolute atomic E-state index is 2.48. The highest BCUT2D eigenvalue weighted by molar-refractivity contribution is 6.31. The summed E-state index contributed by atoms with van der Waals surface area (Å²) in [4.78, 5) is 0. The highest BCUT2D eigenvalue weighted by Crippen LogP contribution is 2.47. The monoisotopic (exact) mass is 801 g/mol. The van der Waals surface area contributed by atoms with Crippen LogP contribution in [0, 0.1) is 0 Å². The molecule has 0 saturated carbocycles. The van der Waals surface area contributed by atoms with E-state index in [-0.39, 0.29) is 0 Å². The molecule has 13 rings (SSSR count). The summed E-state index contributed by atoms with van der Waals surface area (Å²) in [6, 6.07) is 86.4. The van der Waals surface area contributed by atoms with E-state index in [1.54, 1.807) is 0 Å². The molecule has 63 heavy (non-hydrogen) atoms. The third kappa shape index (κ3) is 5.46. The predicted octanol–water partition coefficient (Wildman–Crippen LogP) is 16.0. The maximum Gasteiger partial charge on any atom is 0.0627 e. The number of benzene rings is 10. The lowest BCUT2D eigenvalue weighted by Gasteiger charge is -2.15. The van der Waals surface area contributed by atoms with Gasteiger partial charge in [-0.2, -0.15) is 0 Å². The molecule has 13 aromatic rings. The lowest BCUT2D eigenvalue weighted by atomic mass is 9.94. The molecule has 0 aliphatic heterocycles. The Morgan fingerprint density at radius 2 is 0.667 bits per heavy atom. The number of rotatable bonds is 6. The van der Waals surface area contributed by atoms with Gasteiger partial charge in [0.05, 0.1) is 33.1 Å². The Hall–Kier alpha value is -8.40. The molecule has 3 heteroatoms. The Morgan fingerprint density at radius 1 is 0.222 bits per heavy atom. The standard InChI is InChI=1S/C60H39N3/c1-4-17-40(18-5-1)41-31-34-47(35-32-41)61-53-28-13-10-25-48(53)52-38-43(33-36-56(52)61)42-19-16-20-44(37-42)51-39-57-58(49-26-11-14-29-54(49)62(57)45-21-6-2-7-22-45)59-50-27-12-15-30-55(50)63(60(51)59)46-23-8-3-9-24-46/h1-39H. The zero-order valence-corrected chi connectivity index (χ0v) is 34.4. The quantitative estimate of drug-likeness (QED) is 0.159. The van der Waals surface area contributed by atoms with Crippen LogP contribution < -0.4 is 0 Å². The van der Waals surface area contributed by atoms with Crippen LogP contribution in [0.15, 0.2) is 237 Å². The molecule has 294 valence electrons. The molecule has 0 bridgehead atoms. The summed E-state index contributed by atoms with van der Waals surface area (Å²) in [6.07, 6.45) is 0. The van der Waals surface area contributed by atoms with Crippen molar-refractivity contribution in [3.05, 3.63) is 237 Å². The second-order valence-electron chi connectivity index (χ2n) is 16.5. The van der Waals surface area contributed by atoms with Crippen LogP contribution in [0.3, 0.4) is 0 Å². The number of hydrogen-bond acceptors (Lipinski definition) is 0. The maximum atomic E-state index is 2.48. The van der Waals surface area contributed by atoms with Crippen molar-refractivity contribution in [2.45, 2.75) is 0 Å². The molecule has 0 fully saturated rings. The minimum Gasteiger partial charge on any atom is -0.309 e. The van der Waals surface area contributed by atoms with E-state index in [1.165, 1.54) is 98.8 Å². The molecule has 0 aliphatic carbocycles. The van der Waals surface area contributed by atoms with Gasteiger partial charge in [-0.1, -0.05) is 158 Å². The van der Waals surface area contributed by atoms with Gasteiger partial charge in [-0.05, 0) is 107 Å². The fourth-order valence-electron chi connectivity index (χ4n) is 10.3. The van der Waals surface area contributed by atoms with E-state index in [9.17, 15) is 0 Å². The molecular formula is C60H39N3. The SMILES string of the molecule is c1ccc(-c2ccc(-n3c4ccccc4c4cc(-c5cccc(-c6cc7c(c8ccccc8n7-c7ccccc7)c7c8ccccc8n(-c8ccccc8)c67)c5)ccc43)cc2)cc1. The molecule has 0 saturated heterocycles. The van der Waals surface area contributed by atoms with E-state index in [4.69, 9.17) is 0 Å². The topological polar surface area (TPSA) is 14.8 Å². The summed E-state index contributed by atoms with van der Waals surface area (Å²) in [6.45, 7) is 0. The fraction of sp³-hybridized carbons (Fsp3) is 0. The molecule has 3 nitrogen and oxygen atoms in total. The molecule has 0 aliphatic rings. The lowest BCUT2D eigenvalue weighted by Crippen LogP contribution is -1.97. The normalized spacial score (nSPS) is 11.8. The van der Waals surface area contributed by atoms with E-state index < -0.39 is 0 Å². The Kier molecular flexibility index (Phi) is 7.91. The van der Waals surface area contributed by atoms with Crippen LogP contribution in [0.1, 0.15) is 0 Å². The summed E-state index contributed by atoms with van der Waals surface area (Å²) in [7, 11) is 0. The van der Waals surface area contributed by atoms with Crippen LogP contribution in [0.25, 0.3) is 116 Å². The summed E-state index contributed by atoms with van der Waals surface area (Å²) in [5, 5.41) is 7.51. The zero-order valence-electron chi connectivity index (χ0n) is 34.4. The van der Waals surface area contributed by atoms with E-state index >= 15 is 0 Å². The van der Waals surface area contributed by atoms with Crippen LogP contribution in [0.5, 0.6) is 0 Å². The first-order valence-electron chi connectivity index (χ1n) is 21.7. The van der Waals surface area contributed by atoms with Crippen LogP contribution in [0.4, 0.5) is 0 Å². The van der Waals surface area contributed by atoms with Gasteiger partial charge in [0.25, 0.3) is 0 Å². The molecule has 0 spiro atoms. The molecule has 3 heterocycles. The first-order valence-corrected chi connectivity index (χ1v) is 21.7. The van der Waals surface area contributed by atoms with E-state index in [0.717, 1.165) is 17.1 Å². The van der Waals surface area contributed by atoms with E-state index in [2.05, 4.69) is 250 Å². The van der Waals surface area contributed by atoms with Crippen molar-refractivity contribution in [2.24, 2.45) is 0 Å². The van der Waals surface area contributed by atoms with Gasteiger partial charge in [-0.25, -0.2) is 0 Å². The summed E-state index contributed by atoms with van der Waals surface area (Å²) >= 11 is 0. The van der Waals surface area contributed by atoms with E-state index in [1.807, 2.05) is 0 Å². The molecule has 0 amide bonds. The fourth-order valence-corrected chi connectivity index (χ4v) is 10.3. The van der Waals surface area contributed by atoms with Gasteiger partial charge in [0.2, 0.25) is 0 Å². The average Bonchev–Trinajstić information content (AvgIpc) is 4.00. The lowest BCUT2D eigenvalue weighted by molar-refractivity contribution is 1.17. The number of hydrogen-bond donors (Lipinski definition) is 0. The van der Waals surface area contributed by atoms with Crippen LogP contribution >= 0.6 is 0 Å². The number of aromatic nitrogens is 3. The van der Waals surface area contributed by atoms with Crippen LogP contribution in [-0.2, 0) is 0 Å². The van der Waals surface area contributed by atoms with Gasteiger partial charge < -0.3 is 13.7 Å². The van der Waals surface area contributed by atoms with Crippen molar-refractivity contribution < 1.29 is 0 Å². The van der Waals surface area contributed by atoms with Gasteiger partial charge in [-0.3, -0.25) is 0 Å². The average molecular weight is 802 g/mol. The second kappa shape index (κ2) is 14.1. The van der Waals surface area contributed by atoms with Crippen molar-refractivity contribution in [3.63, 3.8) is 0 Å². The highest BCUT2D eigenvalue weighted by Gasteiger charge is 2.24. The summed E-state index contributed by atoms with van der Waals surface area (Å²) in [5.41, 5.74) is 17.8. The van der Waals surface area contributed by atoms with Crippen molar-refractivity contribution in [2.75, 3.05) is 0 Å². The summed E-state index contributed by atoms with van der Waals surface area (Å²) in [5.74, 6) is 0. The molecule has 10 aromatic carbocycles. The van der Waals surface area contributed by atoms with E-state index in [0.29, 0.717) is 0 Å². The largest absolute Gasteiger partial charge is 0.309 e. The van der Waals surface area contributed by atoms with Gasteiger partial charge in [0.1, 0.15) is 0 Å². The predicted molar refractivity (Wildman–Crippen MR) is 266 cm³/mol. The smallest absolute Gasteiger partial charge is 0.0627 e. The first kappa shape index (κ1) is 35.4. The van der Waals surface area contributed by atoms with Gasteiger partial charge in [0.15, 0.2) is 0 Å². The Balaban J connectivity index is 1.05. The molecule has 0 radical (unpaired) electrons. The molecule has 0 N–H and O–H groups in total. The Labute approximate surface area is 364 Å². The Morgan fingerprint density at radius 3 is 1.37 bits per heavy atom. The zero-order chi connectivity index (χ0) is 41.4. The Bertz CT molecular complexity index is 3870. The van der Waals surface area contributed by atoms with Gasteiger partial charge in [0, 0.05) is 54.9 Å². The van der Waals surface area contributed by atoms with Crippen molar-refractivity contribution in [3.8, 4) is 50.4 Å². The minimum atomic E-state index is 1.14. The first-order chi connectivity index (χ1) is 31.3. The van der Waals surface area contributed by atoms with Gasteiger partial charge in [-0.15, -0.1) is 0 Å². The van der Waals surface area contributed by atoms with Crippen LogP contribution in [-0.4, -0.2) is 13.7 Å². The van der Waals surface area contributed by atoms with Crippen LogP contribution in [0.2, 0.25) is 0 Å². The third-order valence-corrected chi connectivity index (χ3v) is 13.0. The van der Waals surface area contributed by atoms with Crippen molar-refractivity contribution in [1.29, 1.82) is 0 Å². The molecule has 0 atom stereocenters. The second-order valence-corrected chi connectivity index (χ2v) is 16.5. The van der Waals surface area contributed by atoms with Crippen molar-refractivity contribution >= 4 is 65.4 Å². The third-order valence-electron chi connectivity index (χ3n) is 13.0. The highest BCUT2D eigenvalue weighted by atomic mass is 15.0. The summed E-state index contributed by atoms with van der Waals surface area (Å²) < 4.78 is 7.33. The number of para-hydroxylation sites is 5.